The van der Waals surface area contributed by atoms with Crippen LogP contribution in [-0.4, -0.2) is 33.3 Å². The Kier molecular flexibility index (Phi) is 7.55. The van der Waals surface area contributed by atoms with Gasteiger partial charge < -0.3 is 4.74 Å². The Bertz CT molecular complexity index is 1060. The van der Waals surface area contributed by atoms with Gasteiger partial charge in [-0.15, -0.1) is 0 Å². The second kappa shape index (κ2) is 10.3. The van der Waals surface area contributed by atoms with Crippen LogP contribution < -0.4 is 4.72 Å². The standard InChI is InChI=1S/C23H24N2O5S/c24-14-17-6-12-21(13-7-17)31(28,29)25-15-23(27)30-16-22(26)20-10-8-19(9-11-20)18-4-2-1-3-5-18/h6-13,18,25H,1-5,15-16H2. The van der Waals surface area contributed by atoms with Crippen LogP contribution in [0, 0.1) is 11.3 Å². The molecule has 2 aromatic rings. The van der Waals surface area contributed by atoms with E-state index in [0.717, 1.165) is 0 Å². The number of Topliss-reactive ketones (excluding diaryl/α,β-unsaturated/α-hetero) is 1. The summed E-state index contributed by atoms with van der Waals surface area (Å²) >= 11 is 0. The first-order valence-electron chi connectivity index (χ1n) is 10.2. The summed E-state index contributed by atoms with van der Waals surface area (Å²) in [4.78, 5) is 24.1. The zero-order chi connectivity index (χ0) is 22.3. The normalized spacial score (nSPS) is 14.5. The van der Waals surface area contributed by atoms with E-state index >= 15 is 0 Å². The molecule has 1 aliphatic rings. The lowest BCUT2D eigenvalue weighted by molar-refractivity contribution is -0.141. The van der Waals surface area contributed by atoms with Crippen molar-refractivity contribution in [1.29, 1.82) is 5.26 Å². The summed E-state index contributed by atoms with van der Waals surface area (Å²) in [6.07, 6.45) is 6.08. The van der Waals surface area contributed by atoms with Gasteiger partial charge in [-0.1, -0.05) is 43.5 Å². The minimum Gasteiger partial charge on any atom is -0.456 e. The van der Waals surface area contributed by atoms with Crippen molar-refractivity contribution >= 4 is 21.8 Å². The molecule has 7 nitrogen and oxygen atoms in total. The zero-order valence-corrected chi connectivity index (χ0v) is 17.9. The fourth-order valence-electron chi connectivity index (χ4n) is 3.60. The predicted octanol–water partition coefficient (Wildman–Crippen LogP) is 3.31. The van der Waals surface area contributed by atoms with Crippen LogP contribution in [0.3, 0.4) is 0 Å². The smallest absolute Gasteiger partial charge is 0.321 e. The first kappa shape index (κ1) is 22.7. The Morgan fingerprint density at radius 2 is 1.65 bits per heavy atom. The molecule has 31 heavy (non-hydrogen) atoms. The number of nitriles is 1. The van der Waals surface area contributed by atoms with Gasteiger partial charge in [-0.3, -0.25) is 9.59 Å². The number of rotatable bonds is 8. The predicted molar refractivity (Wildman–Crippen MR) is 114 cm³/mol. The monoisotopic (exact) mass is 440 g/mol. The first-order chi connectivity index (χ1) is 14.9. The summed E-state index contributed by atoms with van der Waals surface area (Å²) in [6, 6.07) is 14.6. The average molecular weight is 441 g/mol. The van der Waals surface area contributed by atoms with Crippen molar-refractivity contribution in [3.63, 3.8) is 0 Å². The Morgan fingerprint density at radius 1 is 1.00 bits per heavy atom. The summed E-state index contributed by atoms with van der Waals surface area (Å²) < 4.78 is 31.4. The van der Waals surface area contributed by atoms with E-state index in [9.17, 15) is 18.0 Å². The van der Waals surface area contributed by atoms with E-state index in [1.807, 2.05) is 18.2 Å². The lowest BCUT2D eigenvalue weighted by atomic mass is 9.84. The van der Waals surface area contributed by atoms with Crippen LogP contribution in [0.15, 0.2) is 53.4 Å². The highest BCUT2D eigenvalue weighted by molar-refractivity contribution is 7.89. The molecule has 0 heterocycles. The maximum Gasteiger partial charge on any atom is 0.321 e. The summed E-state index contributed by atoms with van der Waals surface area (Å²) in [5.41, 5.74) is 2.00. The SMILES string of the molecule is N#Cc1ccc(S(=O)(=O)NCC(=O)OCC(=O)c2ccc(C3CCCCC3)cc2)cc1. The molecular formula is C23H24N2O5S. The molecule has 0 unspecified atom stereocenters. The van der Waals surface area contributed by atoms with E-state index in [1.54, 1.807) is 12.1 Å². The number of carbonyl (C=O) groups excluding carboxylic acids is 2. The zero-order valence-electron chi connectivity index (χ0n) is 17.0. The quantitative estimate of drug-likeness (QED) is 0.498. The molecule has 1 fully saturated rings. The van der Waals surface area contributed by atoms with Crippen LogP contribution in [0.1, 0.15) is 59.5 Å². The lowest BCUT2D eigenvalue weighted by Gasteiger charge is -2.22. The maximum absolute atomic E-state index is 12.3. The number of nitrogens with one attached hydrogen (secondary N) is 1. The molecule has 1 N–H and O–H groups in total. The highest BCUT2D eigenvalue weighted by atomic mass is 32.2. The number of hydrogen-bond donors (Lipinski definition) is 1. The van der Waals surface area contributed by atoms with E-state index in [4.69, 9.17) is 10.00 Å². The van der Waals surface area contributed by atoms with E-state index < -0.39 is 29.1 Å². The minimum absolute atomic E-state index is 0.0755. The van der Waals surface area contributed by atoms with Gasteiger partial charge >= 0.3 is 5.97 Å². The molecule has 0 bridgehead atoms. The molecule has 0 saturated heterocycles. The number of carbonyl (C=O) groups is 2. The molecule has 162 valence electrons. The van der Waals surface area contributed by atoms with E-state index in [2.05, 4.69) is 4.72 Å². The average Bonchev–Trinajstić information content (AvgIpc) is 2.82. The molecular weight excluding hydrogens is 416 g/mol. The Morgan fingerprint density at radius 3 is 2.26 bits per heavy atom. The van der Waals surface area contributed by atoms with Crippen molar-refractivity contribution in [2.45, 2.75) is 42.9 Å². The fourth-order valence-corrected chi connectivity index (χ4v) is 4.57. The van der Waals surface area contributed by atoms with Crippen LogP contribution in [0.25, 0.3) is 0 Å². The van der Waals surface area contributed by atoms with Gasteiger partial charge in [-0.25, -0.2) is 8.42 Å². The molecule has 0 spiro atoms. The molecule has 0 radical (unpaired) electrons. The first-order valence-corrected chi connectivity index (χ1v) is 11.7. The Labute approximate surface area is 182 Å². The molecule has 0 atom stereocenters. The molecule has 1 aliphatic carbocycles. The van der Waals surface area contributed by atoms with Crippen LogP contribution >= 0.6 is 0 Å². The van der Waals surface area contributed by atoms with Gasteiger partial charge in [-0.2, -0.15) is 9.98 Å². The third-order valence-corrected chi connectivity index (χ3v) is 6.79. The van der Waals surface area contributed by atoms with Crippen LogP contribution in [0.5, 0.6) is 0 Å². The molecule has 0 amide bonds. The number of nitrogens with zero attached hydrogens (tertiary/aromatic N) is 1. The van der Waals surface area contributed by atoms with Gasteiger partial charge in [0.1, 0.15) is 6.54 Å². The van der Waals surface area contributed by atoms with Gasteiger partial charge in [0, 0.05) is 5.56 Å². The van der Waals surface area contributed by atoms with Crippen molar-refractivity contribution < 1.29 is 22.7 Å². The van der Waals surface area contributed by atoms with Gasteiger partial charge in [-0.05, 0) is 48.6 Å². The van der Waals surface area contributed by atoms with E-state index in [-0.39, 0.29) is 10.7 Å². The van der Waals surface area contributed by atoms with Crippen LogP contribution in [0.2, 0.25) is 0 Å². The summed E-state index contributed by atoms with van der Waals surface area (Å²) in [7, 11) is -3.93. The molecule has 0 aliphatic heterocycles. The van der Waals surface area contributed by atoms with Crippen molar-refractivity contribution in [3.8, 4) is 6.07 Å². The third kappa shape index (κ3) is 6.23. The summed E-state index contributed by atoms with van der Waals surface area (Å²) in [5, 5.41) is 8.76. The highest BCUT2D eigenvalue weighted by Crippen LogP contribution is 2.32. The number of benzene rings is 2. The number of ketones is 1. The summed E-state index contributed by atoms with van der Waals surface area (Å²) in [5.74, 6) is -0.664. The Hall–Kier alpha value is -3.02. The van der Waals surface area contributed by atoms with Crippen LogP contribution in [-0.2, 0) is 19.6 Å². The lowest BCUT2D eigenvalue weighted by Crippen LogP contribution is -2.31. The molecule has 3 rings (SSSR count). The molecule has 0 aromatic heterocycles. The molecule has 2 aromatic carbocycles. The number of ether oxygens (including phenoxy) is 1. The number of esters is 1. The van der Waals surface area contributed by atoms with Gasteiger partial charge in [0.15, 0.2) is 12.4 Å². The van der Waals surface area contributed by atoms with Crippen LogP contribution in [0.4, 0.5) is 0 Å². The fraction of sp³-hybridized carbons (Fsp3) is 0.348. The van der Waals surface area contributed by atoms with Crippen molar-refractivity contribution in [1.82, 2.24) is 4.72 Å². The number of sulfonamides is 1. The van der Waals surface area contributed by atoms with E-state index in [1.165, 1.54) is 61.9 Å². The Balaban J connectivity index is 1.47. The second-order valence-electron chi connectivity index (χ2n) is 7.50. The maximum atomic E-state index is 12.3. The van der Waals surface area contributed by atoms with E-state index in [0.29, 0.717) is 17.0 Å². The van der Waals surface area contributed by atoms with Gasteiger partial charge in [0.25, 0.3) is 0 Å². The van der Waals surface area contributed by atoms with Crippen molar-refractivity contribution in [3.05, 3.63) is 65.2 Å². The minimum atomic E-state index is -3.93. The van der Waals surface area contributed by atoms with Gasteiger partial charge in [0.2, 0.25) is 10.0 Å². The number of hydrogen-bond acceptors (Lipinski definition) is 6. The topological polar surface area (TPSA) is 113 Å². The molecule has 8 heteroatoms. The van der Waals surface area contributed by atoms with Crippen molar-refractivity contribution in [2.75, 3.05) is 13.2 Å². The molecule has 1 saturated carbocycles. The van der Waals surface area contributed by atoms with Crippen molar-refractivity contribution in [2.24, 2.45) is 0 Å². The largest absolute Gasteiger partial charge is 0.456 e. The summed E-state index contributed by atoms with van der Waals surface area (Å²) in [6.45, 7) is -1.06. The second-order valence-corrected chi connectivity index (χ2v) is 9.27. The highest BCUT2D eigenvalue weighted by Gasteiger charge is 2.18. The van der Waals surface area contributed by atoms with Gasteiger partial charge in [0.05, 0.1) is 16.5 Å². The third-order valence-electron chi connectivity index (χ3n) is 5.37.